The van der Waals surface area contributed by atoms with Gasteiger partial charge in [-0.05, 0) is 31.0 Å². The summed E-state index contributed by atoms with van der Waals surface area (Å²) in [6.07, 6.45) is 1.15. The second-order valence-corrected chi connectivity index (χ2v) is 10.2. The Morgan fingerprint density at radius 3 is 2.64 bits per heavy atom. The largest absolute Gasteiger partial charge is 0.496 e. The van der Waals surface area contributed by atoms with Gasteiger partial charge in [-0.3, -0.25) is 19.4 Å². The summed E-state index contributed by atoms with van der Waals surface area (Å²) in [4.78, 5) is 50.1. The van der Waals surface area contributed by atoms with Crippen LogP contribution < -0.4 is 15.4 Å². The summed E-state index contributed by atoms with van der Waals surface area (Å²) in [6.45, 7) is 3.25. The number of benzene rings is 2. The minimum atomic E-state index is -0.891. The zero-order valence-electron chi connectivity index (χ0n) is 22.3. The minimum absolute atomic E-state index is 0.106. The Hall–Kier alpha value is -3.70. The lowest BCUT2D eigenvalue weighted by molar-refractivity contribution is -0.128. The molecule has 0 bridgehead atoms. The first-order valence-corrected chi connectivity index (χ1v) is 13.8. The van der Waals surface area contributed by atoms with Gasteiger partial charge < -0.3 is 20.1 Å². The highest BCUT2D eigenvalue weighted by Gasteiger charge is 2.43. The average molecular weight is 552 g/mol. The van der Waals surface area contributed by atoms with Gasteiger partial charge in [0.25, 0.3) is 5.91 Å². The first-order chi connectivity index (χ1) is 19.0. The molecule has 0 spiro atoms. The molecule has 2 aliphatic rings. The maximum absolute atomic E-state index is 13.6. The highest BCUT2D eigenvalue weighted by atomic mass is 32.2. The molecule has 0 radical (unpaired) electrons. The van der Waals surface area contributed by atoms with Crippen LogP contribution in [0.3, 0.4) is 0 Å². The number of rotatable bonds is 12. The maximum Gasteiger partial charge on any atom is 0.259 e. The molecular formula is C28H33N5O5S. The van der Waals surface area contributed by atoms with Crippen molar-refractivity contribution in [3.63, 3.8) is 0 Å². The summed E-state index contributed by atoms with van der Waals surface area (Å²) in [5, 5.41) is 5.72. The number of carbonyl (C=O) groups excluding carboxylic acids is 3. The highest BCUT2D eigenvalue weighted by Crippen LogP contribution is 2.35. The lowest BCUT2D eigenvalue weighted by Gasteiger charge is -2.27. The van der Waals surface area contributed by atoms with Crippen molar-refractivity contribution < 1.29 is 23.9 Å². The first kappa shape index (κ1) is 28.3. The summed E-state index contributed by atoms with van der Waals surface area (Å²) < 4.78 is 10.4. The minimum Gasteiger partial charge on any atom is -0.496 e. The van der Waals surface area contributed by atoms with Crippen LogP contribution in [-0.4, -0.2) is 72.3 Å². The molecule has 2 aromatic carbocycles. The van der Waals surface area contributed by atoms with E-state index >= 15 is 0 Å². The fraction of sp³-hybridized carbons (Fsp3) is 0.393. The SMILES string of the molecule is CC[C@H](SC1=Nc2ccccc2C2=N[C@H](CC(=O)NCc3ccccc3OC)C(=O)N12)C(=O)NCCCOC. The molecule has 11 heteroatoms. The number of hydrogen-bond acceptors (Lipinski definition) is 8. The van der Waals surface area contributed by atoms with Gasteiger partial charge in [0.05, 0.1) is 24.5 Å². The lowest BCUT2D eigenvalue weighted by Crippen LogP contribution is -2.44. The van der Waals surface area contributed by atoms with Crippen LogP contribution in [0.4, 0.5) is 5.69 Å². The van der Waals surface area contributed by atoms with Gasteiger partial charge in [0.2, 0.25) is 11.8 Å². The molecule has 0 saturated carbocycles. The van der Waals surface area contributed by atoms with E-state index in [2.05, 4.69) is 15.6 Å². The number of thioether (sulfide) groups is 1. The third-order valence-corrected chi connectivity index (χ3v) is 7.65. The number of hydrogen-bond donors (Lipinski definition) is 2. The van der Waals surface area contributed by atoms with Gasteiger partial charge in [-0.15, -0.1) is 0 Å². The zero-order valence-corrected chi connectivity index (χ0v) is 23.1. The number of nitrogens with one attached hydrogen (secondary N) is 2. The standard InChI is InChI=1S/C28H33N5O5S/c1-4-23(26(35)29-14-9-15-37-2)39-28-32-20-12-7-6-11-19(20)25-31-21(27(36)33(25)28)16-24(34)30-17-18-10-5-8-13-22(18)38-3/h5-8,10-13,21,23H,4,9,14-17H2,1-3H3,(H,29,35)(H,30,34)/t21-,23+/m1/s1. The van der Waals surface area contributed by atoms with Crippen molar-refractivity contribution in [2.75, 3.05) is 27.4 Å². The van der Waals surface area contributed by atoms with E-state index < -0.39 is 11.3 Å². The van der Waals surface area contributed by atoms with Gasteiger partial charge in [0.1, 0.15) is 17.6 Å². The molecule has 0 aromatic heterocycles. The fourth-order valence-electron chi connectivity index (χ4n) is 4.30. The molecule has 0 fully saturated rings. The number of fused-ring (bicyclic) bond motifs is 3. The molecule has 0 unspecified atom stereocenters. The van der Waals surface area contributed by atoms with Crippen molar-refractivity contribution in [1.29, 1.82) is 0 Å². The van der Waals surface area contributed by atoms with Crippen LogP contribution in [0.5, 0.6) is 5.75 Å². The molecule has 3 amide bonds. The molecule has 2 aliphatic heterocycles. The lowest BCUT2D eigenvalue weighted by atomic mass is 10.1. The summed E-state index contributed by atoms with van der Waals surface area (Å²) >= 11 is 1.23. The quantitative estimate of drug-likeness (QED) is 0.391. The molecule has 206 valence electrons. The summed E-state index contributed by atoms with van der Waals surface area (Å²) in [5.41, 5.74) is 2.21. The molecule has 10 nitrogen and oxygen atoms in total. The predicted molar refractivity (Wildman–Crippen MR) is 151 cm³/mol. The van der Waals surface area contributed by atoms with Gasteiger partial charge in [0.15, 0.2) is 5.17 Å². The number of amidine groups is 2. The molecule has 2 atom stereocenters. The highest BCUT2D eigenvalue weighted by molar-refractivity contribution is 8.15. The topological polar surface area (TPSA) is 122 Å². The number of ether oxygens (including phenoxy) is 2. The molecule has 2 heterocycles. The molecule has 0 saturated heterocycles. The van der Waals surface area contributed by atoms with E-state index in [9.17, 15) is 14.4 Å². The third-order valence-electron chi connectivity index (χ3n) is 6.33. The first-order valence-electron chi connectivity index (χ1n) is 12.9. The van der Waals surface area contributed by atoms with E-state index in [1.807, 2.05) is 55.5 Å². The van der Waals surface area contributed by atoms with Crippen LogP contribution in [0.15, 0.2) is 58.5 Å². The number of carbonyl (C=O) groups is 3. The Kier molecular flexibility index (Phi) is 9.72. The Morgan fingerprint density at radius 1 is 1.10 bits per heavy atom. The fourth-order valence-corrected chi connectivity index (χ4v) is 5.34. The van der Waals surface area contributed by atoms with Crippen molar-refractivity contribution in [2.24, 2.45) is 9.98 Å². The van der Waals surface area contributed by atoms with E-state index in [1.54, 1.807) is 14.2 Å². The summed E-state index contributed by atoms with van der Waals surface area (Å²) in [5.74, 6) is 0.358. The van der Waals surface area contributed by atoms with Crippen molar-refractivity contribution in [1.82, 2.24) is 15.5 Å². The van der Waals surface area contributed by atoms with Crippen LogP contribution in [-0.2, 0) is 25.7 Å². The van der Waals surface area contributed by atoms with Crippen LogP contribution in [0.25, 0.3) is 0 Å². The molecule has 2 N–H and O–H groups in total. The maximum atomic E-state index is 13.6. The summed E-state index contributed by atoms with van der Waals surface area (Å²) in [6, 6.07) is 13.9. The van der Waals surface area contributed by atoms with Crippen molar-refractivity contribution in [3.05, 3.63) is 59.7 Å². The van der Waals surface area contributed by atoms with Crippen LogP contribution in [0.1, 0.15) is 37.3 Å². The van der Waals surface area contributed by atoms with E-state index in [0.717, 1.165) is 5.56 Å². The van der Waals surface area contributed by atoms with E-state index in [-0.39, 0.29) is 30.7 Å². The second kappa shape index (κ2) is 13.4. The Bertz CT molecular complexity index is 1280. The Labute approximate surface area is 232 Å². The summed E-state index contributed by atoms with van der Waals surface area (Å²) in [7, 11) is 3.20. The predicted octanol–water partition coefficient (Wildman–Crippen LogP) is 3.02. The normalized spacial score (nSPS) is 16.5. The van der Waals surface area contributed by atoms with Crippen LogP contribution in [0, 0.1) is 0 Å². The zero-order chi connectivity index (χ0) is 27.8. The molecular weight excluding hydrogens is 518 g/mol. The van der Waals surface area contributed by atoms with E-state index in [4.69, 9.17) is 14.5 Å². The third kappa shape index (κ3) is 6.66. The molecule has 2 aromatic rings. The van der Waals surface area contributed by atoms with Gasteiger partial charge in [-0.2, -0.15) is 0 Å². The average Bonchev–Trinajstić information content (AvgIpc) is 3.28. The van der Waals surface area contributed by atoms with Crippen LogP contribution in [0.2, 0.25) is 0 Å². The number of aliphatic imine (C=N–C) groups is 2. The second-order valence-electron chi connectivity index (χ2n) is 9.00. The van der Waals surface area contributed by atoms with Gasteiger partial charge in [-0.25, -0.2) is 9.89 Å². The van der Waals surface area contributed by atoms with Crippen molar-refractivity contribution >= 4 is 46.2 Å². The number of methoxy groups -OCH3 is 2. The molecule has 39 heavy (non-hydrogen) atoms. The Morgan fingerprint density at radius 2 is 1.87 bits per heavy atom. The van der Waals surface area contributed by atoms with Gasteiger partial charge in [-0.1, -0.05) is 49.0 Å². The van der Waals surface area contributed by atoms with Gasteiger partial charge >= 0.3 is 0 Å². The van der Waals surface area contributed by atoms with E-state index in [1.165, 1.54) is 16.7 Å². The number of para-hydroxylation sites is 2. The smallest absolute Gasteiger partial charge is 0.259 e. The molecule has 4 rings (SSSR count). The Balaban J connectivity index is 1.48. The van der Waals surface area contributed by atoms with Crippen molar-refractivity contribution in [3.8, 4) is 5.75 Å². The van der Waals surface area contributed by atoms with E-state index in [0.29, 0.717) is 54.0 Å². The number of nitrogens with zero attached hydrogens (tertiary/aromatic N) is 3. The number of amides is 3. The monoisotopic (exact) mass is 551 g/mol. The van der Waals surface area contributed by atoms with Crippen molar-refractivity contribution in [2.45, 2.75) is 44.0 Å². The van der Waals surface area contributed by atoms with Gasteiger partial charge in [0, 0.05) is 37.9 Å². The van der Waals surface area contributed by atoms with Crippen LogP contribution >= 0.6 is 11.8 Å². The molecule has 0 aliphatic carbocycles.